The molecule has 0 spiro atoms. The zero-order valence-electron chi connectivity index (χ0n) is 8.73. The quantitative estimate of drug-likeness (QED) is 0.387. The number of hydrazine groups is 1. The van der Waals surface area contributed by atoms with Gasteiger partial charge < -0.3 is 10.5 Å². The van der Waals surface area contributed by atoms with Crippen molar-refractivity contribution in [1.29, 1.82) is 0 Å². The van der Waals surface area contributed by atoms with Crippen LogP contribution < -0.4 is 5.73 Å². The Morgan fingerprint density at radius 3 is 2.53 bits per heavy atom. The van der Waals surface area contributed by atoms with Crippen LogP contribution in [0.25, 0.3) is 0 Å². The van der Waals surface area contributed by atoms with Gasteiger partial charge in [0.25, 0.3) is 0 Å². The topological polar surface area (TPSA) is 75.6 Å². The van der Waals surface area contributed by atoms with Crippen LogP contribution in [-0.4, -0.2) is 48.3 Å². The van der Waals surface area contributed by atoms with Crippen LogP contribution in [0.5, 0.6) is 0 Å². The summed E-state index contributed by atoms with van der Waals surface area (Å²) < 4.78 is 4.85. The number of ether oxygens (including phenoxy) is 1. The monoisotopic (exact) mass is 213 g/mol. The number of nitrogens with two attached hydrogens (primary N) is 1. The van der Waals surface area contributed by atoms with Gasteiger partial charge in [0.2, 0.25) is 0 Å². The summed E-state index contributed by atoms with van der Waals surface area (Å²) in [4.78, 5) is 21.9. The molecule has 0 radical (unpaired) electrons. The third kappa shape index (κ3) is 3.59. The molecule has 1 aliphatic heterocycles. The lowest BCUT2D eigenvalue weighted by atomic mass is 10.4. The van der Waals surface area contributed by atoms with Gasteiger partial charge in [-0.3, -0.25) is 5.01 Å². The molecule has 0 unspecified atom stereocenters. The summed E-state index contributed by atoms with van der Waals surface area (Å²) in [6.07, 6.45) is 0. The number of rotatable bonds is 5. The fraction of sp³-hybridized carbons (Fsp3) is 0.556. The van der Waals surface area contributed by atoms with Gasteiger partial charge >= 0.3 is 12.0 Å². The molecule has 2 amide bonds. The second-order valence-electron chi connectivity index (χ2n) is 3.33. The molecule has 1 saturated heterocycles. The minimum absolute atomic E-state index is 0.130. The first-order chi connectivity index (χ1) is 7.02. The van der Waals surface area contributed by atoms with Gasteiger partial charge in [-0.1, -0.05) is 6.58 Å². The number of amides is 2. The third-order valence-corrected chi connectivity index (χ3v) is 1.90. The van der Waals surface area contributed by atoms with Gasteiger partial charge in [-0.05, 0) is 6.92 Å². The molecule has 0 aromatic carbocycles. The van der Waals surface area contributed by atoms with E-state index in [0.29, 0.717) is 5.57 Å². The van der Waals surface area contributed by atoms with Crippen LogP contribution in [-0.2, 0) is 9.53 Å². The Hall–Kier alpha value is -1.56. The fourth-order valence-corrected chi connectivity index (χ4v) is 1.03. The highest BCUT2D eigenvalue weighted by Crippen LogP contribution is 2.08. The minimum Gasteiger partial charge on any atom is -0.460 e. The molecular formula is C9H15N3O3. The number of hydrogen-bond acceptors (Lipinski definition) is 4. The van der Waals surface area contributed by atoms with E-state index in [2.05, 4.69) is 6.58 Å². The molecule has 1 heterocycles. The molecule has 15 heavy (non-hydrogen) atoms. The average molecular weight is 213 g/mol. The van der Waals surface area contributed by atoms with Crippen LogP contribution in [0.4, 0.5) is 4.79 Å². The highest BCUT2D eigenvalue weighted by Gasteiger charge is 2.28. The Morgan fingerprint density at radius 2 is 2.13 bits per heavy atom. The number of esters is 1. The smallest absolute Gasteiger partial charge is 0.333 e. The molecule has 1 fully saturated rings. The lowest BCUT2D eigenvalue weighted by molar-refractivity contribution is -0.139. The summed E-state index contributed by atoms with van der Waals surface area (Å²) in [6, 6.07) is -0.529. The number of hydrogen-bond donors (Lipinski definition) is 1. The van der Waals surface area contributed by atoms with Crippen molar-refractivity contribution in [3.63, 3.8) is 0 Å². The van der Waals surface area contributed by atoms with Crippen molar-refractivity contribution in [2.24, 2.45) is 5.73 Å². The molecule has 2 N–H and O–H groups in total. The van der Waals surface area contributed by atoms with Crippen molar-refractivity contribution in [3.8, 4) is 0 Å². The van der Waals surface area contributed by atoms with Crippen LogP contribution in [0.1, 0.15) is 6.92 Å². The zero-order chi connectivity index (χ0) is 11.4. The van der Waals surface area contributed by atoms with E-state index in [0.717, 1.165) is 13.1 Å². The fourth-order valence-electron chi connectivity index (χ4n) is 1.03. The van der Waals surface area contributed by atoms with Crippen LogP contribution >= 0.6 is 0 Å². The lowest BCUT2D eigenvalue weighted by Gasteiger charge is -2.20. The number of carbonyl (C=O) groups excluding carboxylic acids is 2. The lowest BCUT2D eigenvalue weighted by Crippen LogP contribution is -2.42. The average Bonchev–Trinajstić information content (AvgIpc) is 2.94. The normalized spacial score (nSPS) is 14.5. The SMILES string of the molecule is C=C(C)C(=O)OCCN(C(N)=O)N1CC1. The number of nitrogens with zero attached hydrogens (tertiary/aromatic N) is 2. The highest BCUT2D eigenvalue weighted by molar-refractivity contribution is 5.86. The maximum Gasteiger partial charge on any atom is 0.333 e. The van der Waals surface area contributed by atoms with Gasteiger partial charge in [0.1, 0.15) is 6.61 Å². The van der Waals surface area contributed by atoms with Crippen molar-refractivity contribution >= 4 is 12.0 Å². The van der Waals surface area contributed by atoms with Crippen molar-refractivity contribution in [2.45, 2.75) is 6.92 Å². The number of urea groups is 1. The van der Waals surface area contributed by atoms with Gasteiger partial charge in [0, 0.05) is 18.7 Å². The Morgan fingerprint density at radius 1 is 1.53 bits per heavy atom. The standard InChI is InChI=1S/C9H15N3O3/c1-7(2)8(13)15-6-5-12(9(10)14)11-3-4-11/h1,3-6H2,2H3,(H2,10,14). The van der Waals surface area contributed by atoms with Crippen molar-refractivity contribution in [1.82, 2.24) is 10.0 Å². The highest BCUT2D eigenvalue weighted by atomic mass is 16.5. The summed E-state index contributed by atoms with van der Waals surface area (Å²) in [5, 5.41) is 3.14. The van der Waals surface area contributed by atoms with Gasteiger partial charge in [-0.25, -0.2) is 14.6 Å². The Labute approximate surface area is 88.2 Å². The van der Waals surface area contributed by atoms with Crippen LogP contribution in [0, 0.1) is 0 Å². The van der Waals surface area contributed by atoms with Gasteiger partial charge in [0.15, 0.2) is 0 Å². The number of primary amides is 1. The molecule has 6 nitrogen and oxygen atoms in total. The predicted octanol–water partition coefficient (Wildman–Crippen LogP) is -0.283. The summed E-state index contributed by atoms with van der Waals surface area (Å²) in [7, 11) is 0. The molecule has 0 saturated carbocycles. The Bertz CT molecular complexity index is 286. The maximum atomic E-state index is 11.0. The second kappa shape index (κ2) is 4.79. The van der Waals surface area contributed by atoms with Gasteiger partial charge in [-0.15, -0.1) is 0 Å². The molecular weight excluding hydrogens is 198 g/mol. The number of carbonyl (C=O) groups is 2. The molecule has 1 aliphatic rings. The second-order valence-corrected chi connectivity index (χ2v) is 3.33. The molecule has 0 bridgehead atoms. The van der Waals surface area contributed by atoms with E-state index >= 15 is 0 Å². The first-order valence-electron chi connectivity index (χ1n) is 4.67. The minimum atomic E-state index is -0.529. The summed E-state index contributed by atoms with van der Waals surface area (Å²) in [5.74, 6) is -0.454. The molecule has 0 aliphatic carbocycles. The van der Waals surface area contributed by atoms with Crippen molar-refractivity contribution in [2.75, 3.05) is 26.2 Å². The maximum absolute atomic E-state index is 11.0. The van der Waals surface area contributed by atoms with E-state index in [1.54, 1.807) is 11.9 Å². The predicted molar refractivity (Wildman–Crippen MR) is 53.6 cm³/mol. The van der Waals surface area contributed by atoms with Gasteiger partial charge in [0.05, 0.1) is 6.54 Å². The first-order valence-corrected chi connectivity index (χ1v) is 4.67. The van der Waals surface area contributed by atoms with E-state index < -0.39 is 12.0 Å². The molecule has 0 atom stereocenters. The van der Waals surface area contributed by atoms with Crippen molar-refractivity contribution < 1.29 is 14.3 Å². The Kier molecular flexibility index (Phi) is 3.68. The van der Waals surface area contributed by atoms with E-state index in [4.69, 9.17) is 10.5 Å². The molecule has 0 aromatic rings. The largest absolute Gasteiger partial charge is 0.460 e. The van der Waals surface area contributed by atoms with Gasteiger partial charge in [-0.2, -0.15) is 0 Å². The summed E-state index contributed by atoms with van der Waals surface area (Å²) in [6.45, 7) is 7.06. The van der Waals surface area contributed by atoms with Crippen LogP contribution in [0.3, 0.4) is 0 Å². The first kappa shape index (κ1) is 11.5. The van der Waals surface area contributed by atoms with Crippen LogP contribution in [0.2, 0.25) is 0 Å². The van der Waals surface area contributed by atoms with E-state index in [9.17, 15) is 9.59 Å². The summed E-state index contributed by atoms with van der Waals surface area (Å²) >= 11 is 0. The van der Waals surface area contributed by atoms with E-state index in [-0.39, 0.29) is 13.2 Å². The van der Waals surface area contributed by atoms with E-state index in [1.807, 2.05) is 0 Å². The third-order valence-electron chi connectivity index (χ3n) is 1.90. The van der Waals surface area contributed by atoms with Crippen LogP contribution in [0.15, 0.2) is 12.2 Å². The molecule has 1 rings (SSSR count). The molecule has 6 heteroatoms. The molecule has 84 valence electrons. The van der Waals surface area contributed by atoms with E-state index in [1.165, 1.54) is 5.01 Å². The van der Waals surface area contributed by atoms with Crippen molar-refractivity contribution in [3.05, 3.63) is 12.2 Å². The zero-order valence-corrected chi connectivity index (χ0v) is 8.73. The Balaban J connectivity index is 2.25. The molecule has 0 aromatic heterocycles. The summed E-state index contributed by atoms with van der Waals surface area (Å²) in [5.41, 5.74) is 5.48.